The van der Waals surface area contributed by atoms with Crippen molar-refractivity contribution in [3.05, 3.63) is 29.3 Å². The maximum absolute atomic E-state index is 12.7. The molecular formula is C19H24O4. The lowest BCUT2D eigenvalue weighted by Gasteiger charge is -2.53. The van der Waals surface area contributed by atoms with Crippen molar-refractivity contribution in [1.29, 1.82) is 0 Å². The molecule has 4 nitrogen and oxygen atoms in total. The van der Waals surface area contributed by atoms with Gasteiger partial charge in [0, 0.05) is 12.0 Å². The van der Waals surface area contributed by atoms with Crippen molar-refractivity contribution in [2.24, 2.45) is 11.3 Å². The normalized spacial score (nSPS) is 32.7. The molecule has 1 aromatic rings. The molecule has 23 heavy (non-hydrogen) atoms. The Morgan fingerprint density at radius 2 is 1.96 bits per heavy atom. The Bertz CT molecular complexity index is 665. The van der Waals surface area contributed by atoms with Crippen molar-refractivity contribution in [1.82, 2.24) is 0 Å². The fraction of sp³-hybridized carbons (Fsp3) is 0.579. The molecule has 1 saturated carbocycles. The van der Waals surface area contributed by atoms with Gasteiger partial charge in [-0.1, -0.05) is 13.3 Å². The molecule has 2 aliphatic carbocycles. The van der Waals surface area contributed by atoms with Crippen LogP contribution < -0.4 is 4.74 Å². The molecule has 0 amide bonds. The highest BCUT2D eigenvalue weighted by Crippen LogP contribution is 2.57. The van der Waals surface area contributed by atoms with Gasteiger partial charge >= 0.3 is 5.97 Å². The predicted molar refractivity (Wildman–Crippen MR) is 86.8 cm³/mol. The van der Waals surface area contributed by atoms with Crippen LogP contribution in [0, 0.1) is 11.3 Å². The highest BCUT2D eigenvalue weighted by molar-refractivity contribution is 6.00. The zero-order chi connectivity index (χ0) is 16.8. The van der Waals surface area contributed by atoms with E-state index in [-0.39, 0.29) is 23.1 Å². The summed E-state index contributed by atoms with van der Waals surface area (Å²) in [4.78, 5) is 25.2. The van der Waals surface area contributed by atoms with E-state index in [1.54, 1.807) is 7.11 Å². The molecular weight excluding hydrogens is 292 g/mol. The number of Topliss-reactive ketones (excluding diaryl/α,β-unsaturated/α-hetero) is 1. The number of ether oxygens (including phenoxy) is 2. The van der Waals surface area contributed by atoms with Crippen molar-refractivity contribution in [2.75, 3.05) is 14.2 Å². The van der Waals surface area contributed by atoms with Crippen molar-refractivity contribution < 1.29 is 19.1 Å². The summed E-state index contributed by atoms with van der Waals surface area (Å²) in [5.74, 6) is 0.627. The van der Waals surface area contributed by atoms with Gasteiger partial charge in [-0.3, -0.25) is 9.59 Å². The Labute approximate surface area is 137 Å². The lowest BCUT2D eigenvalue weighted by Crippen LogP contribution is -2.53. The molecule has 3 atom stereocenters. The average molecular weight is 316 g/mol. The van der Waals surface area contributed by atoms with Crippen molar-refractivity contribution in [3.8, 4) is 5.75 Å². The Morgan fingerprint density at radius 1 is 1.22 bits per heavy atom. The molecule has 1 aromatic carbocycles. The zero-order valence-corrected chi connectivity index (χ0v) is 14.3. The third-order valence-corrected chi connectivity index (χ3v) is 6.11. The minimum atomic E-state index is -0.613. The van der Waals surface area contributed by atoms with Gasteiger partial charge in [-0.25, -0.2) is 0 Å². The fourth-order valence-corrected chi connectivity index (χ4v) is 4.79. The molecule has 0 bridgehead atoms. The first kappa shape index (κ1) is 16.0. The SMILES string of the molecule is COC(=O)[C@]1(C)CCC[C@@]2(C)c3cc(OC)ccc3C(=O)C[C@@H]12. The average Bonchev–Trinajstić information content (AvgIpc) is 2.56. The largest absolute Gasteiger partial charge is 0.497 e. The molecule has 1 fully saturated rings. The van der Waals surface area contributed by atoms with Gasteiger partial charge in [0.1, 0.15) is 5.75 Å². The van der Waals surface area contributed by atoms with Gasteiger partial charge in [0.25, 0.3) is 0 Å². The summed E-state index contributed by atoms with van der Waals surface area (Å²) in [6.45, 7) is 4.14. The summed E-state index contributed by atoms with van der Waals surface area (Å²) in [6.07, 6.45) is 3.09. The van der Waals surface area contributed by atoms with Gasteiger partial charge in [0.15, 0.2) is 5.78 Å². The summed E-state index contributed by atoms with van der Waals surface area (Å²) < 4.78 is 10.4. The summed E-state index contributed by atoms with van der Waals surface area (Å²) in [5.41, 5.74) is 0.976. The molecule has 0 aromatic heterocycles. The van der Waals surface area contributed by atoms with Gasteiger partial charge < -0.3 is 9.47 Å². The summed E-state index contributed by atoms with van der Waals surface area (Å²) in [7, 11) is 3.06. The third-order valence-electron chi connectivity index (χ3n) is 6.11. The lowest BCUT2D eigenvalue weighted by atomic mass is 9.49. The topological polar surface area (TPSA) is 52.6 Å². The van der Waals surface area contributed by atoms with Crippen LogP contribution >= 0.6 is 0 Å². The standard InChI is InChI=1S/C19H24O4/c1-18-8-5-9-19(2,17(21)23-4)16(18)11-15(20)13-7-6-12(22-3)10-14(13)18/h6-7,10,16H,5,8-9,11H2,1-4H3/t16-,18+,19-/m1/s1. The first-order chi connectivity index (χ1) is 10.9. The minimum absolute atomic E-state index is 0.0386. The van der Waals surface area contributed by atoms with Crippen LogP contribution in [0.5, 0.6) is 5.75 Å². The molecule has 0 heterocycles. The number of hydrogen-bond acceptors (Lipinski definition) is 4. The van der Waals surface area contributed by atoms with Crippen LogP contribution in [0.25, 0.3) is 0 Å². The summed E-state index contributed by atoms with van der Waals surface area (Å²) in [5, 5.41) is 0. The van der Waals surface area contributed by atoms with E-state index in [1.165, 1.54) is 7.11 Å². The Balaban J connectivity index is 2.17. The smallest absolute Gasteiger partial charge is 0.311 e. The Hall–Kier alpha value is -1.84. The number of rotatable bonds is 2. The van der Waals surface area contributed by atoms with Crippen LogP contribution in [0.1, 0.15) is 55.5 Å². The van der Waals surface area contributed by atoms with Crippen LogP contribution in [0.4, 0.5) is 0 Å². The number of fused-ring (bicyclic) bond motifs is 3. The second-order valence-corrected chi connectivity index (χ2v) is 7.27. The molecule has 0 aliphatic heterocycles. The summed E-state index contributed by atoms with van der Waals surface area (Å²) >= 11 is 0. The van der Waals surface area contributed by atoms with E-state index in [0.29, 0.717) is 6.42 Å². The number of carbonyl (C=O) groups is 2. The van der Waals surface area contributed by atoms with E-state index in [2.05, 4.69) is 6.92 Å². The number of esters is 1. The van der Waals surface area contributed by atoms with E-state index in [0.717, 1.165) is 36.1 Å². The molecule has 3 rings (SSSR count). The maximum Gasteiger partial charge on any atom is 0.311 e. The van der Waals surface area contributed by atoms with Gasteiger partial charge in [-0.2, -0.15) is 0 Å². The third kappa shape index (κ3) is 2.19. The quantitative estimate of drug-likeness (QED) is 0.783. The van der Waals surface area contributed by atoms with E-state index in [4.69, 9.17) is 9.47 Å². The van der Waals surface area contributed by atoms with Gasteiger partial charge in [0.05, 0.1) is 19.6 Å². The van der Waals surface area contributed by atoms with Gasteiger partial charge in [-0.15, -0.1) is 0 Å². The lowest BCUT2D eigenvalue weighted by molar-refractivity contribution is -0.160. The van der Waals surface area contributed by atoms with E-state index < -0.39 is 5.41 Å². The van der Waals surface area contributed by atoms with Gasteiger partial charge in [0.2, 0.25) is 0 Å². The molecule has 0 spiro atoms. The fourth-order valence-electron chi connectivity index (χ4n) is 4.79. The number of hydrogen-bond donors (Lipinski definition) is 0. The first-order valence-electron chi connectivity index (χ1n) is 8.17. The monoisotopic (exact) mass is 316 g/mol. The molecule has 0 unspecified atom stereocenters. The van der Waals surface area contributed by atoms with Crippen molar-refractivity contribution in [3.63, 3.8) is 0 Å². The predicted octanol–water partition coefficient (Wildman–Crippen LogP) is 3.52. The summed E-state index contributed by atoms with van der Waals surface area (Å²) in [6, 6.07) is 5.67. The second-order valence-electron chi connectivity index (χ2n) is 7.27. The molecule has 4 heteroatoms. The number of ketones is 1. The van der Waals surface area contributed by atoms with E-state index in [9.17, 15) is 9.59 Å². The molecule has 0 saturated heterocycles. The number of carbonyl (C=O) groups excluding carboxylic acids is 2. The first-order valence-corrected chi connectivity index (χ1v) is 8.17. The van der Waals surface area contributed by atoms with Crippen LogP contribution in [-0.2, 0) is 14.9 Å². The number of benzene rings is 1. The van der Waals surface area contributed by atoms with Crippen molar-refractivity contribution >= 4 is 11.8 Å². The van der Waals surface area contributed by atoms with Gasteiger partial charge in [-0.05, 0) is 54.9 Å². The second kappa shape index (κ2) is 5.36. The van der Waals surface area contributed by atoms with Crippen LogP contribution in [0.2, 0.25) is 0 Å². The van der Waals surface area contributed by atoms with E-state index in [1.807, 2.05) is 25.1 Å². The highest BCUT2D eigenvalue weighted by atomic mass is 16.5. The molecule has 0 radical (unpaired) electrons. The molecule has 0 N–H and O–H groups in total. The van der Waals surface area contributed by atoms with E-state index >= 15 is 0 Å². The highest BCUT2D eigenvalue weighted by Gasteiger charge is 2.57. The number of methoxy groups -OCH3 is 2. The van der Waals surface area contributed by atoms with Crippen LogP contribution in [0.15, 0.2) is 18.2 Å². The molecule has 124 valence electrons. The Morgan fingerprint density at radius 3 is 2.61 bits per heavy atom. The molecule has 2 aliphatic rings. The minimum Gasteiger partial charge on any atom is -0.497 e. The van der Waals surface area contributed by atoms with Crippen LogP contribution in [0.3, 0.4) is 0 Å². The zero-order valence-electron chi connectivity index (χ0n) is 14.3. The Kier molecular flexibility index (Phi) is 3.74. The van der Waals surface area contributed by atoms with Crippen molar-refractivity contribution in [2.45, 2.75) is 44.9 Å². The van der Waals surface area contributed by atoms with Crippen LogP contribution in [-0.4, -0.2) is 26.0 Å². The maximum atomic E-state index is 12.7.